The van der Waals surface area contributed by atoms with E-state index in [1.807, 2.05) is 60.7 Å². The molecule has 0 aliphatic heterocycles. The molecule has 0 radical (unpaired) electrons. The third-order valence-electron chi connectivity index (χ3n) is 4.53. The highest BCUT2D eigenvalue weighted by Crippen LogP contribution is 2.49. The summed E-state index contributed by atoms with van der Waals surface area (Å²) in [7, 11) is 0. The molecule has 0 spiro atoms. The molecule has 4 aromatic rings. The van der Waals surface area contributed by atoms with Crippen LogP contribution in [-0.2, 0) is 17.6 Å². The summed E-state index contributed by atoms with van der Waals surface area (Å²) in [6.45, 7) is -0.000295. The molecule has 0 aliphatic carbocycles. The van der Waals surface area contributed by atoms with Gasteiger partial charge in [-0.2, -0.15) is 13.2 Å². The lowest BCUT2D eigenvalue weighted by Crippen LogP contribution is -2.03. The molecule has 0 saturated heterocycles. The SMILES string of the molecule is FC(F)(F)c1sc(CONc2ccccc2)c(-c2ccccc2)c1-c1ccccc1. The normalized spacial score (nSPS) is 11.4. The zero-order valence-electron chi connectivity index (χ0n) is 15.8. The molecule has 0 atom stereocenters. The number of alkyl halides is 3. The van der Waals surface area contributed by atoms with Crippen molar-refractivity contribution in [3.05, 3.63) is 101 Å². The molecule has 2 nitrogen and oxygen atoms in total. The Kier molecular flexibility index (Phi) is 5.88. The first-order chi connectivity index (χ1) is 14.5. The fourth-order valence-corrected chi connectivity index (χ4v) is 4.38. The first kappa shape index (κ1) is 20.2. The van der Waals surface area contributed by atoms with E-state index in [1.54, 1.807) is 30.3 Å². The lowest BCUT2D eigenvalue weighted by Gasteiger charge is -2.12. The smallest absolute Gasteiger partial charge is 0.270 e. The van der Waals surface area contributed by atoms with Crippen molar-refractivity contribution in [2.45, 2.75) is 12.8 Å². The van der Waals surface area contributed by atoms with Crippen LogP contribution in [-0.4, -0.2) is 0 Å². The van der Waals surface area contributed by atoms with E-state index in [4.69, 9.17) is 4.84 Å². The Bertz CT molecular complexity index is 1090. The molecule has 0 bridgehead atoms. The molecule has 152 valence electrons. The summed E-state index contributed by atoms with van der Waals surface area (Å²) in [6, 6.07) is 27.0. The molecule has 0 unspecified atom stereocenters. The minimum atomic E-state index is -4.47. The van der Waals surface area contributed by atoms with Crippen LogP contribution in [0.3, 0.4) is 0 Å². The highest BCUT2D eigenvalue weighted by Gasteiger charge is 2.38. The number of thiophene rings is 1. The van der Waals surface area contributed by atoms with Gasteiger partial charge in [0, 0.05) is 16.0 Å². The van der Waals surface area contributed by atoms with Gasteiger partial charge in [0.2, 0.25) is 0 Å². The van der Waals surface area contributed by atoms with E-state index in [9.17, 15) is 13.2 Å². The van der Waals surface area contributed by atoms with Crippen LogP contribution in [0.2, 0.25) is 0 Å². The zero-order valence-corrected chi connectivity index (χ0v) is 16.6. The second-order valence-electron chi connectivity index (χ2n) is 6.59. The molecular weight excluding hydrogens is 407 g/mol. The van der Waals surface area contributed by atoms with Crippen LogP contribution >= 0.6 is 11.3 Å². The first-order valence-electron chi connectivity index (χ1n) is 9.30. The van der Waals surface area contributed by atoms with Gasteiger partial charge in [0.05, 0.1) is 5.69 Å². The summed E-state index contributed by atoms with van der Waals surface area (Å²) < 4.78 is 42.0. The average molecular weight is 425 g/mol. The van der Waals surface area contributed by atoms with Gasteiger partial charge >= 0.3 is 6.18 Å². The quantitative estimate of drug-likeness (QED) is 0.320. The van der Waals surface area contributed by atoms with Gasteiger partial charge < -0.3 is 0 Å². The molecule has 30 heavy (non-hydrogen) atoms. The topological polar surface area (TPSA) is 21.3 Å². The monoisotopic (exact) mass is 425 g/mol. The van der Waals surface area contributed by atoms with Crippen molar-refractivity contribution >= 4 is 17.0 Å². The molecule has 1 aromatic heterocycles. The van der Waals surface area contributed by atoms with Crippen LogP contribution in [0.25, 0.3) is 22.3 Å². The largest absolute Gasteiger partial charge is 0.426 e. The second kappa shape index (κ2) is 8.73. The molecule has 4 rings (SSSR count). The van der Waals surface area contributed by atoms with Crippen molar-refractivity contribution in [1.82, 2.24) is 0 Å². The average Bonchev–Trinajstić information content (AvgIpc) is 3.16. The molecular formula is C24H18F3NOS. The Hall–Kier alpha value is -3.09. The Morgan fingerprint density at radius 1 is 0.700 bits per heavy atom. The number of rotatable bonds is 6. The minimum Gasteiger partial charge on any atom is -0.270 e. The molecule has 0 aliphatic rings. The van der Waals surface area contributed by atoms with Crippen LogP contribution in [0.4, 0.5) is 18.9 Å². The molecule has 0 amide bonds. The van der Waals surface area contributed by atoms with Gasteiger partial charge in [-0.25, -0.2) is 0 Å². The predicted molar refractivity (Wildman–Crippen MR) is 115 cm³/mol. The number of hydrogen-bond acceptors (Lipinski definition) is 3. The van der Waals surface area contributed by atoms with E-state index in [0.29, 0.717) is 16.0 Å². The maximum absolute atomic E-state index is 14.0. The van der Waals surface area contributed by atoms with Crippen LogP contribution in [0.5, 0.6) is 0 Å². The summed E-state index contributed by atoms with van der Waals surface area (Å²) in [6.07, 6.45) is -4.47. The van der Waals surface area contributed by atoms with Crippen molar-refractivity contribution < 1.29 is 18.0 Å². The third kappa shape index (κ3) is 4.40. The van der Waals surface area contributed by atoms with Crippen LogP contribution in [0.15, 0.2) is 91.0 Å². The Labute approximate surface area is 176 Å². The lowest BCUT2D eigenvalue weighted by atomic mass is 9.94. The summed E-state index contributed by atoms with van der Waals surface area (Å²) in [5.41, 5.74) is 5.53. The molecule has 6 heteroatoms. The fourth-order valence-electron chi connectivity index (χ4n) is 3.26. The first-order valence-corrected chi connectivity index (χ1v) is 10.1. The number of benzene rings is 3. The minimum absolute atomic E-state index is 0.000295. The summed E-state index contributed by atoms with van der Waals surface area (Å²) >= 11 is 0.728. The fraction of sp³-hybridized carbons (Fsp3) is 0.0833. The maximum atomic E-state index is 14.0. The van der Waals surface area contributed by atoms with Crippen LogP contribution in [0.1, 0.15) is 9.75 Å². The van der Waals surface area contributed by atoms with Crippen molar-refractivity contribution in [2.24, 2.45) is 0 Å². The predicted octanol–water partition coefficient (Wildman–Crippen LogP) is 7.64. The van der Waals surface area contributed by atoms with E-state index in [-0.39, 0.29) is 12.2 Å². The van der Waals surface area contributed by atoms with Crippen molar-refractivity contribution in [2.75, 3.05) is 5.48 Å². The number of anilines is 1. The Morgan fingerprint density at radius 2 is 1.20 bits per heavy atom. The number of hydrogen-bond donors (Lipinski definition) is 1. The van der Waals surface area contributed by atoms with Gasteiger partial charge in [0.25, 0.3) is 0 Å². The van der Waals surface area contributed by atoms with Gasteiger partial charge in [-0.3, -0.25) is 10.3 Å². The number of para-hydroxylation sites is 1. The van der Waals surface area contributed by atoms with Gasteiger partial charge in [-0.1, -0.05) is 78.9 Å². The van der Waals surface area contributed by atoms with Gasteiger partial charge in [0.1, 0.15) is 11.5 Å². The van der Waals surface area contributed by atoms with E-state index < -0.39 is 11.1 Å². The number of nitrogens with one attached hydrogen (secondary N) is 1. The van der Waals surface area contributed by atoms with Crippen molar-refractivity contribution in [3.8, 4) is 22.3 Å². The zero-order chi connectivity index (χ0) is 21.0. The lowest BCUT2D eigenvalue weighted by molar-refractivity contribution is -0.133. The second-order valence-corrected chi connectivity index (χ2v) is 7.70. The van der Waals surface area contributed by atoms with Crippen LogP contribution < -0.4 is 5.48 Å². The Morgan fingerprint density at radius 3 is 1.73 bits per heavy atom. The number of halogens is 3. The van der Waals surface area contributed by atoms with Gasteiger partial charge in [-0.05, 0) is 23.3 Å². The van der Waals surface area contributed by atoms with Crippen molar-refractivity contribution in [1.29, 1.82) is 0 Å². The molecule has 0 fully saturated rings. The molecule has 1 heterocycles. The molecule has 1 N–H and O–H groups in total. The highest BCUT2D eigenvalue weighted by atomic mass is 32.1. The third-order valence-corrected chi connectivity index (χ3v) is 5.74. The summed E-state index contributed by atoms with van der Waals surface area (Å²) in [5.74, 6) is 0. The highest BCUT2D eigenvalue weighted by molar-refractivity contribution is 7.13. The van der Waals surface area contributed by atoms with Crippen molar-refractivity contribution in [3.63, 3.8) is 0 Å². The maximum Gasteiger partial charge on any atom is 0.426 e. The van der Waals surface area contributed by atoms with Gasteiger partial charge in [0.15, 0.2) is 0 Å². The standard InChI is InChI=1S/C24H18F3NOS/c25-24(26,27)23-22(18-12-6-2-7-13-18)21(17-10-4-1-5-11-17)20(30-23)16-29-28-19-14-8-3-9-15-19/h1-15,28H,16H2. The summed E-state index contributed by atoms with van der Waals surface area (Å²) in [4.78, 5) is 5.47. The van der Waals surface area contributed by atoms with Gasteiger partial charge in [-0.15, -0.1) is 11.3 Å². The Balaban J connectivity index is 1.80. The van der Waals surface area contributed by atoms with Crippen LogP contribution in [0, 0.1) is 0 Å². The van der Waals surface area contributed by atoms with E-state index >= 15 is 0 Å². The van der Waals surface area contributed by atoms with E-state index in [1.165, 1.54) is 0 Å². The summed E-state index contributed by atoms with van der Waals surface area (Å²) in [5, 5.41) is 0. The van der Waals surface area contributed by atoms with E-state index in [0.717, 1.165) is 22.6 Å². The molecule has 3 aromatic carbocycles. The molecule has 0 saturated carbocycles. The van der Waals surface area contributed by atoms with E-state index in [2.05, 4.69) is 5.48 Å².